The average Bonchev–Trinajstić information content (AvgIpc) is 2.70. The van der Waals surface area contributed by atoms with Gasteiger partial charge in [-0.1, -0.05) is 11.8 Å². The van der Waals surface area contributed by atoms with E-state index in [1.807, 2.05) is 0 Å². The quantitative estimate of drug-likeness (QED) is 0.814. The van der Waals surface area contributed by atoms with Crippen molar-refractivity contribution in [2.75, 3.05) is 5.73 Å². The van der Waals surface area contributed by atoms with Gasteiger partial charge in [0.25, 0.3) is 0 Å². The van der Waals surface area contributed by atoms with Crippen molar-refractivity contribution in [2.24, 2.45) is 0 Å². The second-order valence-electron chi connectivity index (χ2n) is 3.36. The van der Waals surface area contributed by atoms with Crippen molar-refractivity contribution in [3.8, 4) is 0 Å². The van der Waals surface area contributed by atoms with Crippen molar-refractivity contribution in [2.45, 2.75) is 11.9 Å². The average molecular weight is 273 g/mol. The monoisotopic (exact) mass is 273 g/mol. The van der Waals surface area contributed by atoms with Crippen LogP contribution in [0.1, 0.15) is 6.42 Å². The number of hydrogen-bond donors (Lipinski definition) is 2. The minimum Gasteiger partial charge on any atom is -0.481 e. The molecule has 0 saturated carbocycles. The van der Waals surface area contributed by atoms with E-state index in [-0.39, 0.29) is 12.3 Å². The maximum atomic E-state index is 13.2. The predicted molar refractivity (Wildman–Crippen MR) is 61.9 cm³/mol. The largest absolute Gasteiger partial charge is 0.481 e. The van der Waals surface area contributed by atoms with E-state index in [9.17, 15) is 14.0 Å². The molecular weight excluding hydrogens is 265 g/mol. The molecule has 0 amide bonds. The van der Waals surface area contributed by atoms with Gasteiger partial charge in [-0.2, -0.15) is 4.98 Å². The SMILES string of the molecule is Nc1nc(=O)n(C2=CSC(CC(=O)O)O2)cc1F. The highest BCUT2D eigenvalue weighted by molar-refractivity contribution is 8.03. The second-order valence-corrected chi connectivity index (χ2v) is 4.40. The number of rotatable bonds is 3. The zero-order chi connectivity index (χ0) is 13.3. The number of aromatic nitrogens is 2. The predicted octanol–water partition coefficient (Wildman–Crippen LogP) is 0.285. The van der Waals surface area contributed by atoms with Crippen LogP contribution in [0.15, 0.2) is 16.4 Å². The van der Waals surface area contributed by atoms with Crippen molar-refractivity contribution in [3.63, 3.8) is 0 Å². The van der Waals surface area contributed by atoms with Crippen LogP contribution in [0.4, 0.5) is 10.2 Å². The Morgan fingerprint density at radius 3 is 3.11 bits per heavy atom. The zero-order valence-corrected chi connectivity index (χ0v) is 9.69. The van der Waals surface area contributed by atoms with Gasteiger partial charge in [0.2, 0.25) is 5.88 Å². The van der Waals surface area contributed by atoms with Crippen molar-refractivity contribution in [3.05, 3.63) is 27.9 Å². The summed E-state index contributed by atoms with van der Waals surface area (Å²) in [6.45, 7) is 0. The lowest BCUT2D eigenvalue weighted by atomic mass is 10.5. The van der Waals surface area contributed by atoms with E-state index in [0.29, 0.717) is 0 Å². The first-order chi connectivity index (χ1) is 8.47. The van der Waals surface area contributed by atoms with Crippen LogP contribution in [-0.4, -0.2) is 26.1 Å². The Balaban J connectivity index is 2.22. The molecule has 0 bridgehead atoms. The lowest BCUT2D eigenvalue weighted by Crippen LogP contribution is -2.25. The molecule has 1 unspecified atom stereocenters. The van der Waals surface area contributed by atoms with Crippen LogP contribution < -0.4 is 11.4 Å². The Bertz CT molecular complexity index is 586. The van der Waals surface area contributed by atoms with Gasteiger partial charge in [-0.05, 0) is 0 Å². The van der Waals surface area contributed by atoms with Gasteiger partial charge in [0, 0.05) is 5.41 Å². The lowest BCUT2D eigenvalue weighted by molar-refractivity contribution is -0.138. The maximum absolute atomic E-state index is 13.2. The smallest absolute Gasteiger partial charge is 0.356 e. The molecule has 7 nitrogen and oxygen atoms in total. The number of nitrogens with two attached hydrogens (primary N) is 1. The van der Waals surface area contributed by atoms with E-state index in [0.717, 1.165) is 22.5 Å². The first-order valence-electron chi connectivity index (χ1n) is 4.76. The number of nitrogen functional groups attached to an aromatic ring is 1. The van der Waals surface area contributed by atoms with E-state index < -0.39 is 28.7 Å². The number of anilines is 1. The molecule has 0 spiro atoms. The van der Waals surface area contributed by atoms with Crippen molar-refractivity contribution >= 4 is 29.4 Å². The number of halogens is 1. The Morgan fingerprint density at radius 2 is 2.44 bits per heavy atom. The summed E-state index contributed by atoms with van der Waals surface area (Å²) in [6, 6.07) is 0. The number of nitrogens with zero attached hydrogens (tertiary/aromatic N) is 2. The fraction of sp³-hybridized carbons (Fsp3) is 0.222. The van der Waals surface area contributed by atoms with Gasteiger partial charge in [0.1, 0.15) is 0 Å². The first-order valence-corrected chi connectivity index (χ1v) is 5.71. The van der Waals surface area contributed by atoms with Gasteiger partial charge in [-0.25, -0.2) is 13.8 Å². The molecule has 1 aromatic rings. The Kier molecular flexibility index (Phi) is 3.24. The first kappa shape index (κ1) is 12.4. The molecule has 0 saturated heterocycles. The summed E-state index contributed by atoms with van der Waals surface area (Å²) in [5, 5.41) is 10.0. The molecular formula is C9H8FN3O4S. The fourth-order valence-electron chi connectivity index (χ4n) is 1.27. The second kappa shape index (κ2) is 4.69. The molecule has 0 aliphatic carbocycles. The third kappa shape index (κ3) is 2.45. The van der Waals surface area contributed by atoms with Crippen LogP contribution in [0.25, 0.3) is 5.88 Å². The third-order valence-electron chi connectivity index (χ3n) is 2.06. The van der Waals surface area contributed by atoms with E-state index in [4.69, 9.17) is 15.6 Å². The summed E-state index contributed by atoms with van der Waals surface area (Å²) in [5.41, 5.74) is 3.70. The number of carboxylic acid groups (broad SMARTS) is 1. The van der Waals surface area contributed by atoms with Crippen molar-refractivity contribution in [1.29, 1.82) is 0 Å². The molecule has 9 heteroatoms. The highest BCUT2D eigenvalue weighted by Crippen LogP contribution is 2.31. The standard InChI is InChI=1S/C9H8FN3O4S/c10-4-2-13(9(16)12-8(4)11)5-3-18-7(17-5)1-6(14)15/h2-3,7H,1H2,(H,14,15)(H2,11,12,16). The van der Waals surface area contributed by atoms with Gasteiger partial charge in [-0.15, -0.1) is 0 Å². The van der Waals surface area contributed by atoms with E-state index in [1.54, 1.807) is 0 Å². The highest BCUT2D eigenvalue weighted by atomic mass is 32.2. The van der Waals surface area contributed by atoms with Gasteiger partial charge in [0.15, 0.2) is 17.1 Å². The van der Waals surface area contributed by atoms with E-state index in [2.05, 4.69) is 4.98 Å². The van der Waals surface area contributed by atoms with Crippen LogP contribution in [0.2, 0.25) is 0 Å². The van der Waals surface area contributed by atoms with Crippen molar-refractivity contribution < 1.29 is 19.0 Å². The summed E-state index contributed by atoms with van der Waals surface area (Å²) >= 11 is 1.09. The molecule has 2 rings (SSSR count). The maximum Gasteiger partial charge on any atom is 0.356 e. The fourth-order valence-corrected chi connectivity index (χ4v) is 2.10. The Morgan fingerprint density at radius 1 is 1.72 bits per heavy atom. The highest BCUT2D eigenvalue weighted by Gasteiger charge is 2.24. The van der Waals surface area contributed by atoms with Crippen molar-refractivity contribution in [1.82, 2.24) is 9.55 Å². The molecule has 96 valence electrons. The van der Waals surface area contributed by atoms with Gasteiger partial charge >= 0.3 is 11.7 Å². The third-order valence-corrected chi connectivity index (χ3v) is 2.97. The van der Waals surface area contributed by atoms with Crippen LogP contribution in [-0.2, 0) is 9.53 Å². The normalized spacial score (nSPS) is 18.3. The molecule has 1 aliphatic rings. The summed E-state index contributed by atoms with van der Waals surface area (Å²) in [4.78, 5) is 25.2. The molecule has 1 atom stereocenters. The van der Waals surface area contributed by atoms with Crippen LogP contribution >= 0.6 is 11.8 Å². The molecule has 1 aromatic heterocycles. The Labute approximate surface area is 104 Å². The van der Waals surface area contributed by atoms with Crippen LogP contribution in [0, 0.1) is 5.82 Å². The molecule has 0 aromatic carbocycles. The number of thioether (sulfide) groups is 1. The summed E-state index contributed by atoms with van der Waals surface area (Å²) in [5.74, 6) is -2.35. The number of carbonyl (C=O) groups is 1. The topological polar surface area (TPSA) is 107 Å². The van der Waals surface area contributed by atoms with Gasteiger partial charge < -0.3 is 15.6 Å². The summed E-state index contributed by atoms with van der Waals surface area (Å²) < 4.78 is 19.2. The summed E-state index contributed by atoms with van der Waals surface area (Å²) in [6.07, 6.45) is 0.616. The molecule has 0 radical (unpaired) electrons. The number of carboxylic acids is 1. The van der Waals surface area contributed by atoms with Crippen LogP contribution in [0.3, 0.4) is 0 Å². The number of aliphatic carboxylic acids is 1. The Hall–Kier alpha value is -2.03. The number of hydrogen-bond acceptors (Lipinski definition) is 6. The zero-order valence-electron chi connectivity index (χ0n) is 8.87. The summed E-state index contributed by atoms with van der Waals surface area (Å²) in [7, 11) is 0. The van der Waals surface area contributed by atoms with Gasteiger partial charge in [-0.3, -0.25) is 4.79 Å². The van der Waals surface area contributed by atoms with E-state index in [1.165, 1.54) is 5.41 Å². The minimum absolute atomic E-state index is 0.0302. The number of ether oxygens (including phenoxy) is 1. The minimum atomic E-state index is -1.03. The molecule has 18 heavy (non-hydrogen) atoms. The molecule has 3 N–H and O–H groups in total. The molecule has 0 fully saturated rings. The lowest BCUT2D eigenvalue weighted by Gasteiger charge is -2.11. The van der Waals surface area contributed by atoms with Crippen LogP contribution in [0.5, 0.6) is 0 Å². The van der Waals surface area contributed by atoms with E-state index >= 15 is 0 Å². The van der Waals surface area contributed by atoms with Gasteiger partial charge in [0.05, 0.1) is 12.6 Å². The molecule has 2 heterocycles. The molecule has 1 aliphatic heterocycles.